The number of carbonyl (C=O) groups excluding carboxylic acids is 2. The van der Waals surface area contributed by atoms with E-state index in [4.69, 9.17) is 0 Å². The molecule has 0 spiro atoms. The average Bonchev–Trinajstić information content (AvgIpc) is 2.86. The number of piperidine rings is 1. The molecule has 2 aromatic carbocycles. The highest BCUT2D eigenvalue weighted by Gasteiger charge is 2.13. The van der Waals surface area contributed by atoms with E-state index in [1.54, 1.807) is 33.3 Å². The summed E-state index contributed by atoms with van der Waals surface area (Å²) >= 11 is 0. The number of ether oxygens (including phenoxy) is 2. The van der Waals surface area contributed by atoms with Crippen LogP contribution in [0.5, 0.6) is 0 Å². The lowest BCUT2D eigenvalue weighted by Crippen LogP contribution is -2.34. The Morgan fingerprint density at radius 3 is 2.31 bits per heavy atom. The Labute approximate surface area is 208 Å². The van der Waals surface area contributed by atoms with Crippen molar-refractivity contribution >= 4 is 11.9 Å². The number of benzene rings is 2. The lowest BCUT2D eigenvalue weighted by molar-refractivity contribution is -0.141. The van der Waals surface area contributed by atoms with Gasteiger partial charge in [-0.2, -0.15) is 4.91 Å². The van der Waals surface area contributed by atoms with Crippen LogP contribution in [0.15, 0.2) is 53.7 Å². The van der Waals surface area contributed by atoms with Crippen LogP contribution in [-0.2, 0) is 20.8 Å². The molecule has 8 nitrogen and oxygen atoms in total. The molecule has 2 atom stereocenters. The third-order valence-electron chi connectivity index (χ3n) is 5.28. The van der Waals surface area contributed by atoms with Gasteiger partial charge in [-0.05, 0) is 73.7 Å². The first-order chi connectivity index (χ1) is 16.8. The van der Waals surface area contributed by atoms with E-state index in [9.17, 15) is 14.5 Å². The Balaban J connectivity index is 0.000000510. The fourth-order valence-corrected chi connectivity index (χ4v) is 3.46. The molecular formula is C27H39N3O5. The van der Waals surface area contributed by atoms with Crippen molar-refractivity contribution < 1.29 is 19.1 Å². The van der Waals surface area contributed by atoms with Crippen LogP contribution in [0.3, 0.4) is 0 Å². The molecule has 1 saturated heterocycles. The van der Waals surface area contributed by atoms with Crippen LogP contribution in [0.1, 0.15) is 49.0 Å². The molecule has 35 heavy (non-hydrogen) atoms. The molecule has 0 aliphatic carbocycles. The zero-order valence-corrected chi connectivity index (χ0v) is 21.5. The second-order valence-electron chi connectivity index (χ2n) is 8.58. The maximum absolute atomic E-state index is 12.2. The van der Waals surface area contributed by atoms with E-state index in [0.29, 0.717) is 5.56 Å². The third kappa shape index (κ3) is 12.2. The predicted molar refractivity (Wildman–Crippen MR) is 139 cm³/mol. The number of hydrogen-bond acceptors (Lipinski definition) is 7. The first-order valence-corrected chi connectivity index (χ1v) is 11.8. The van der Waals surface area contributed by atoms with Gasteiger partial charge in [0.2, 0.25) is 0 Å². The Bertz CT molecular complexity index is 896. The van der Waals surface area contributed by atoms with Gasteiger partial charge in [0.05, 0.1) is 13.5 Å². The van der Waals surface area contributed by atoms with E-state index in [-0.39, 0.29) is 30.9 Å². The number of methoxy groups -OCH3 is 2. The fourth-order valence-electron chi connectivity index (χ4n) is 3.46. The molecular weight excluding hydrogens is 446 g/mol. The lowest BCUT2D eigenvalue weighted by atomic mass is 10.0. The van der Waals surface area contributed by atoms with Gasteiger partial charge in [0, 0.05) is 25.8 Å². The molecule has 0 aromatic heterocycles. The molecule has 8 heteroatoms. The maximum atomic E-state index is 12.2. The summed E-state index contributed by atoms with van der Waals surface area (Å²) in [5, 5.41) is 8.99. The summed E-state index contributed by atoms with van der Waals surface area (Å²) < 4.78 is 8.83. The summed E-state index contributed by atoms with van der Waals surface area (Å²) in [6, 6.07) is 14.4. The molecule has 2 aromatic rings. The topological polar surface area (TPSA) is 106 Å². The van der Waals surface area contributed by atoms with Crippen LogP contribution in [-0.4, -0.2) is 52.3 Å². The van der Waals surface area contributed by atoms with Gasteiger partial charge in [-0.1, -0.05) is 42.4 Å². The number of nitrogens with one attached hydrogen (secondary N) is 2. The van der Waals surface area contributed by atoms with Crippen molar-refractivity contribution in [2.24, 2.45) is 11.1 Å². The number of rotatable bonds is 7. The SMILES string of the molecule is CC1CCCNC1.COC.COC(=O)CC(C)NC(=O)c1ccc(-c2cccc(CN=O)c2)cc1. The van der Waals surface area contributed by atoms with E-state index in [1.165, 1.54) is 33.0 Å². The van der Waals surface area contributed by atoms with Crippen LogP contribution in [0.4, 0.5) is 0 Å². The minimum absolute atomic E-state index is 0.123. The lowest BCUT2D eigenvalue weighted by Gasteiger charge is -2.17. The van der Waals surface area contributed by atoms with E-state index < -0.39 is 0 Å². The molecule has 1 heterocycles. The quantitative estimate of drug-likeness (QED) is 0.440. The Morgan fingerprint density at radius 2 is 1.80 bits per heavy atom. The molecule has 1 aliphatic rings. The number of esters is 1. The number of amides is 1. The molecule has 3 rings (SSSR count). The van der Waals surface area contributed by atoms with Crippen LogP contribution in [0, 0.1) is 10.8 Å². The van der Waals surface area contributed by atoms with E-state index in [2.05, 4.69) is 32.2 Å². The number of nitroso groups, excluding NO2 is 1. The zero-order valence-electron chi connectivity index (χ0n) is 21.5. The number of carbonyl (C=O) groups is 2. The van der Waals surface area contributed by atoms with Gasteiger partial charge in [0.1, 0.15) is 6.54 Å². The summed E-state index contributed by atoms with van der Waals surface area (Å²) in [6.45, 7) is 6.65. The van der Waals surface area contributed by atoms with Crippen molar-refractivity contribution in [2.45, 2.75) is 45.7 Å². The van der Waals surface area contributed by atoms with Gasteiger partial charge in [-0.3, -0.25) is 9.59 Å². The van der Waals surface area contributed by atoms with Gasteiger partial charge in [-0.15, -0.1) is 0 Å². The van der Waals surface area contributed by atoms with Crippen LogP contribution >= 0.6 is 0 Å². The Hall–Kier alpha value is -3.10. The fraction of sp³-hybridized carbons (Fsp3) is 0.481. The van der Waals surface area contributed by atoms with E-state index in [0.717, 1.165) is 22.6 Å². The van der Waals surface area contributed by atoms with E-state index >= 15 is 0 Å². The minimum Gasteiger partial charge on any atom is -0.469 e. The maximum Gasteiger partial charge on any atom is 0.307 e. The first-order valence-electron chi connectivity index (χ1n) is 11.8. The molecule has 1 amide bonds. The van der Waals surface area contributed by atoms with Crippen molar-refractivity contribution in [2.75, 3.05) is 34.4 Å². The zero-order chi connectivity index (χ0) is 26.1. The van der Waals surface area contributed by atoms with Gasteiger partial charge >= 0.3 is 5.97 Å². The summed E-state index contributed by atoms with van der Waals surface area (Å²) in [5.41, 5.74) is 3.23. The van der Waals surface area contributed by atoms with Crippen LogP contribution in [0.25, 0.3) is 11.1 Å². The van der Waals surface area contributed by atoms with Gasteiger partial charge in [-0.25, -0.2) is 0 Å². The number of hydrogen-bond donors (Lipinski definition) is 2. The largest absolute Gasteiger partial charge is 0.469 e. The van der Waals surface area contributed by atoms with Gasteiger partial charge in [0.15, 0.2) is 0 Å². The normalized spacial score (nSPS) is 15.3. The Morgan fingerprint density at radius 1 is 1.11 bits per heavy atom. The van der Waals surface area contributed by atoms with Gasteiger partial charge in [0.25, 0.3) is 5.91 Å². The smallest absolute Gasteiger partial charge is 0.307 e. The second kappa shape index (κ2) is 17.4. The molecule has 192 valence electrons. The van der Waals surface area contributed by atoms with Crippen molar-refractivity contribution in [1.82, 2.24) is 10.6 Å². The first kappa shape index (κ1) is 29.9. The molecule has 0 bridgehead atoms. The summed E-state index contributed by atoms with van der Waals surface area (Å²) in [5.74, 6) is 0.309. The van der Waals surface area contributed by atoms with E-state index in [1.807, 2.05) is 36.4 Å². The van der Waals surface area contributed by atoms with Crippen molar-refractivity contribution in [3.63, 3.8) is 0 Å². The van der Waals surface area contributed by atoms with Crippen molar-refractivity contribution in [3.8, 4) is 11.1 Å². The standard InChI is InChI=1S/C19H20N2O4.C6H13N.C2H6O/c1-13(10-18(22)25-2)21-19(23)16-8-6-15(7-9-16)17-5-3-4-14(11-17)12-20-24;1-6-3-2-4-7-5-6;1-3-2/h3-9,11,13H,10,12H2,1-2H3,(H,21,23);6-7H,2-5H2,1H3;1-2H3. The molecule has 1 fully saturated rings. The second-order valence-corrected chi connectivity index (χ2v) is 8.58. The highest BCUT2D eigenvalue weighted by atomic mass is 16.5. The molecule has 2 N–H and O–H groups in total. The summed E-state index contributed by atoms with van der Waals surface area (Å²) in [7, 11) is 4.57. The minimum atomic E-state index is -0.368. The molecule has 1 aliphatic heterocycles. The Kier molecular flexibility index (Phi) is 14.8. The van der Waals surface area contributed by atoms with Crippen molar-refractivity contribution in [1.29, 1.82) is 0 Å². The van der Waals surface area contributed by atoms with Crippen LogP contribution < -0.4 is 10.6 Å². The molecule has 2 unspecified atom stereocenters. The number of nitrogens with zero attached hydrogens (tertiary/aromatic N) is 1. The predicted octanol–water partition coefficient (Wildman–Crippen LogP) is 4.57. The third-order valence-corrected chi connectivity index (χ3v) is 5.28. The monoisotopic (exact) mass is 485 g/mol. The average molecular weight is 486 g/mol. The summed E-state index contributed by atoms with van der Waals surface area (Å²) in [6.07, 6.45) is 2.92. The van der Waals surface area contributed by atoms with Gasteiger partial charge < -0.3 is 20.1 Å². The molecule has 0 saturated carbocycles. The highest BCUT2D eigenvalue weighted by molar-refractivity contribution is 5.95. The van der Waals surface area contributed by atoms with Crippen molar-refractivity contribution in [3.05, 3.63) is 64.6 Å². The molecule has 0 radical (unpaired) electrons. The summed E-state index contributed by atoms with van der Waals surface area (Å²) in [4.78, 5) is 33.8. The highest BCUT2D eigenvalue weighted by Crippen LogP contribution is 2.21. The van der Waals surface area contributed by atoms with Crippen LogP contribution in [0.2, 0.25) is 0 Å².